The van der Waals surface area contributed by atoms with Crippen molar-refractivity contribution in [1.82, 2.24) is 4.90 Å². The van der Waals surface area contributed by atoms with Crippen LogP contribution in [-0.2, 0) is 20.0 Å². The maximum Gasteiger partial charge on any atom is 0.327 e. The van der Waals surface area contributed by atoms with Crippen LogP contribution < -0.4 is 5.73 Å². The standard InChI is InChI=1S/C19H35N2O3P/c1-16(2)21(17(3)4)13-15-24-25(5,22)23-14-7-6-8-18-9-11-19(20)12-10-18/h9-12,16-17H,6-8,13-15,20H2,1-5H3. The largest absolute Gasteiger partial charge is 0.399 e. The lowest BCUT2D eigenvalue weighted by Gasteiger charge is -2.30. The van der Waals surface area contributed by atoms with E-state index in [4.69, 9.17) is 14.8 Å². The van der Waals surface area contributed by atoms with Crippen molar-refractivity contribution in [3.8, 4) is 0 Å². The van der Waals surface area contributed by atoms with Gasteiger partial charge < -0.3 is 14.8 Å². The maximum absolute atomic E-state index is 12.3. The van der Waals surface area contributed by atoms with E-state index in [1.807, 2.05) is 24.3 Å². The Morgan fingerprint density at radius 2 is 1.56 bits per heavy atom. The zero-order valence-electron chi connectivity index (χ0n) is 16.4. The average Bonchev–Trinajstić information content (AvgIpc) is 2.52. The molecule has 0 aromatic heterocycles. The predicted octanol–water partition coefficient (Wildman–Crippen LogP) is 4.57. The van der Waals surface area contributed by atoms with Gasteiger partial charge in [0.2, 0.25) is 0 Å². The van der Waals surface area contributed by atoms with Crippen molar-refractivity contribution in [2.24, 2.45) is 0 Å². The van der Waals surface area contributed by atoms with Crippen LogP contribution in [0, 0.1) is 0 Å². The highest BCUT2D eigenvalue weighted by molar-refractivity contribution is 7.52. The Hall–Kier alpha value is -0.870. The van der Waals surface area contributed by atoms with Gasteiger partial charge in [-0.15, -0.1) is 0 Å². The van der Waals surface area contributed by atoms with Gasteiger partial charge in [0.15, 0.2) is 0 Å². The van der Waals surface area contributed by atoms with E-state index < -0.39 is 7.60 Å². The number of nitrogens with zero attached hydrogens (tertiary/aromatic N) is 1. The number of aryl methyl sites for hydroxylation is 1. The molecule has 1 atom stereocenters. The molecule has 25 heavy (non-hydrogen) atoms. The smallest absolute Gasteiger partial charge is 0.327 e. The van der Waals surface area contributed by atoms with Crippen LogP contribution in [-0.4, -0.2) is 43.4 Å². The van der Waals surface area contributed by atoms with Crippen molar-refractivity contribution in [2.75, 3.05) is 32.2 Å². The summed E-state index contributed by atoms with van der Waals surface area (Å²) in [5.74, 6) is 0. The number of benzene rings is 1. The van der Waals surface area contributed by atoms with E-state index >= 15 is 0 Å². The van der Waals surface area contributed by atoms with Crippen LogP contribution in [0.25, 0.3) is 0 Å². The molecule has 0 saturated heterocycles. The molecule has 1 rings (SSSR count). The summed E-state index contributed by atoms with van der Waals surface area (Å²) < 4.78 is 23.3. The van der Waals surface area contributed by atoms with Crippen molar-refractivity contribution < 1.29 is 13.6 Å². The predicted molar refractivity (Wildman–Crippen MR) is 106 cm³/mol. The fourth-order valence-electron chi connectivity index (χ4n) is 2.81. The second-order valence-electron chi connectivity index (χ2n) is 7.06. The molecule has 0 bridgehead atoms. The Morgan fingerprint density at radius 1 is 1.00 bits per heavy atom. The van der Waals surface area contributed by atoms with E-state index in [1.165, 1.54) is 5.56 Å². The first kappa shape index (κ1) is 22.2. The second-order valence-corrected chi connectivity index (χ2v) is 9.12. The lowest BCUT2D eigenvalue weighted by molar-refractivity contribution is 0.128. The Balaban J connectivity index is 2.20. The van der Waals surface area contributed by atoms with Gasteiger partial charge >= 0.3 is 7.60 Å². The van der Waals surface area contributed by atoms with Crippen molar-refractivity contribution in [3.63, 3.8) is 0 Å². The second kappa shape index (κ2) is 11.0. The van der Waals surface area contributed by atoms with Gasteiger partial charge in [-0.2, -0.15) is 0 Å². The van der Waals surface area contributed by atoms with Crippen molar-refractivity contribution in [3.05, 3.63) is 29.8 Å². The van der Waals surface area contributed by atoms with Gasteiger partial charge in [0.05, 0.1) is 13.2 Å². The number of anilines is 1. The summed E-state index contributed by atoms with van der Waals surface area (Å²) >= 11 is 0. The molecule has 1 aromatic rings. The lowest BCUT2D eigenvalue weighted by atomic mass is 10.1. The summed E-state index contributed by atoms with van der Waals surface area (Å²) in [7, 11) is -2.97. The van der Waals surface area contributed by atoms with E-state index in [0.29, 0.717) is 25.3 Å². The van der Waals surface area contributed by atoms with E-state index in [0.717, 1.165) is 31.5 Å². The van der Waals surface area contributed by atoms with Gasteiger partial charge in [-0.25, -0.2) is 0 Å². The van der Waals surface area contributed by atoms with Crippen LogP contribution in [0.4, 0.5) is 5.69 Å². The third-order valence-corrected chi connectivity index (χ3v) is 5.47. The SMILES string of the molecule is CC(C)N(CCOP(C)(=O)OCCCCc1ccc(N)cc1)C(C)C. The molecule has 0 aliphatic rings. The average molecular weight is 370 g/mol. The van der Waals surface area contributed by atoms with E-state index in [2.05, 4.69) is 32.6 Å². The van der Waals surface area contributed by atoms with Gasteiger partial charge in [0.25, 0.3) is 0 Å². The molecular weight excluding hydrogens is 335 g/mol. The Bertz CT molecular complexity index is 524. The third kappa shape index (κ3) is 9.41. The molecule has 144 valence electrons. The van der Waals surface area contributed by atoms with Gasteiger partial charge in [-0.3, -0.25) is 9.46 Å². The highest BCUT2D eigenvalue weighted by atomic mass is 31.2. The molecule has 0 aliphatic heterocycles. The topological polar surface area (TPSA) is 64.8 Å². The highest BCUT2D eigenvalue weighted by Gasteiger charge is 2.19. The molecule has 0 radical (unpaired) electrons. The molecule has 0 spiro atoms. The van der Waals surface area contributed by atoms with Crippen molar-refractivity contribution >= 4 is 13.3 Å². The molecule has 1 unspecified atom stereocenters. The number of hydrogen-bond acceptors (Lipinski definition) is 5. The van der Waals surface area contributed by atoms with Crippen LogP contribution in [0.2, 0.25) is 0 Å². The number of nitrogens with two attached hydrogens (primary N) is 1. The number of unbranched alkanes of at least 4 members (excludes halogenated alkanes) is 1. The minimum Gasteiger partial charge on any atom is -0.399 e. The molecule has 5 nitrogen and oxygen atoms in total. The Labute approximate surface area is 153 Å². The molecule has 0 fully saturated rings. The first-order chi connectivity index (χ1) is 11.7. The fourth-order valence-corrected chi connectivity index (χ4v) is 3.76. The Kier molecular flexibility index (Phi) is 9.73. The fraction of sp³-hybridized carbons (Fsp3) is 0.684. The van der Waals surface area contributed by atoms with E-state index in [-0.39, 0.29) is 0 Å². The van der Waals surface area contributed by atoms with Crippen molar-refractivity contribution in [2.45, 2.75) is 59.0 Å². The van der Waals surface area contributed by atoms with Gasteiger partial charge in [0, 0.05) is 31.0 Å². The molecule has 2 N–H and O–H groups in total. The van der Waals surface area contributed by atoms with E-state index in [9.17, 15) is 4.57 Å². The lowest BCUT2D eigenvalue weighted by Crippen LogP contribution is -2.39. The summed E-state index contributed by atoms with van der Waals surface area (Å²) in [4.78, 5) is 2.31. The minimum atomic E-state index is -2.97. The summed E-state index contributed by atoms with van der Waals surface area (Å²) in [6.45, 7) is 11.8. The summed E-state index contributed by atoms with van der Waals surface area (Å²) in [5.41, 5.74) is 7.71. The molecule has 6 heteroatoms. The molecule has 0 saturated carbocycles. The van der Waals surface area contributed by atoms with Gasteiger partial charge in [-0.05, 0) is 64.7 Å². The van der Waals surface area contributed by atoms with Gasteiger partial charge in [0.1, 0.15) is 0 Å². The molecular formula is C19H35N2O3P. The molecule has 0 amide bonds. The summed E-state index contributed by atoms with van der Waals surface area (Å²) in [6, 6.07) is 8.79. The summed E-state index contributed by atoms with van der Waals surface area (Å²) in [5, 5.41) is 0. The zero-order valence-corrected chi connectivity index (χ0v) is 17.3. The quantitative estimate of drug-likeness (QED) is 0.332. The first-order valence-corrected chi connectivity index (χ1v) is 11.2. The number of nitrogen functional groups attached to an aromatic ring is 1. The van der Waals surface area contributed by atoms with Crippen LogP contribution in [0.1, 0.15) is 46.1 Å². The van der Waals surface area contributed by atoms with E-state index in [1.54, 1.807) is 6.66 Å². The van der Waals surface area contributed by atoms with Gasteiger partial charge in [-0.1, -0.05) is 12.1 Å². The highest BCUT2D eigenvalue weighted by Crippen LogP contribution is 2.43. The van der Waals surface area contributed by atoms with Crippen LogP contribution in [0.15, 0.2) is 24.3 Å². The zero-order chi connectivity index (χ0) is 18.9. The van der Waals surface area contributed by atoms with Crippen LogP contribution in [0.5, 0.6) is 0 Å². The number of rotatable bonds is 12. The van der Waals surface area contributed by atoms with Crippen molar-refractivity contribution in [1.29, 1.82) is 0 Å². The summed E-state index contributed by atoms with van der Waals surface area (Å²) in [6.07, 6.45) is 2.81. The number of hydrogen-bond donors (Lipinski definition) is 1. The molecule has 0 aliphatic carbocycles. The normalized spacial score (nSPS) is 14.4. The van der Waals surface area contributed by atoms with Crippen LogP contribution >= 0.6 is 7.60 Å². The molecule has 1 aromatic carbocycles. The maximum atomic E-state index is 12.3. The third-order valence-electron chi connectivity index (χ3n) is 4.17. The minimum absolute atomic E-state index is 0.426. The van der Waals surface area contributed by atoms with Crippen LogP contribution in [0.3, 0.4) is 0 Å². The molecule has 0 heterocycles. The first-order valence-electron chi connectivity index (χ1n) is 9.18. The Morgan fingerprint density at radius 3 is 2.12 bits per heavy atom. The monoisotopic (exact) mass is 370 g/mol.